The summed E-state index contributed by atoms with van der Waals surface area (Å²) >= 11 is 6.18. The maximum absolute atomic E-state index is 12.4. The summed E-state index contributed by atoms with van der Waals surface area (Å²) in [5.74, 6) is 0.880. The van der Waals surface area contributed by atoms with Crippen molar-refractivity contribution >= 4 is 21.4 Å². The van der Waals surface area contributed by atoms with E-state index in [1.54, 1.807) is 19.2 Å². The van der Waals surface area contributed by atoms with Gasteiger partial charge >= 0.3 is 0 Å². The van der Waals surface area contributed by atoms with Crippen LogP contribution in [0.2, 0.25) is 5.02 Å². The highest BCUT2D eigenvalue weighted by Gasteiger charge is 2.36. The summed E-state index contributed by atoms with van der Waals surface area (Å²) in [6.07, 6.45) is 2.42. The number of hydrogen-bond donors (Lipinski definition) is 1. The van der Waals surface area contributed by atoms with E-state index in [1.165, 1.54) is 0 Å². The topological polar surface area (TPSA) is 55.4 Å². The molecule has 2 atom stereocenters. The van der Waals surface area contributed by atoms with Crippen molar-refractivity contribution in [2.24, 2.45) is 0 Å². The van der Waals surface area contributed by atoms with Gasteiger partial charge in [0.2, 0.25) is 0 Å². The van der Waals surface area contributed by atoms with Gasteiger partial charge in [0, 0.05) is 6.04 Å². The van der Waals surface area contributed by atoms with Crippen LogP contribution < -0.4 is 10.1 Å². The lowest BCUT2D eigenvalue weighted by molar-refractivity contribution is 0.414. The average molecular weight is 332 g/mol. The van der Waals surface area contributed by atoms with E-state index in [2.05, 4.69) is 5.32 Å². The smallest absolute Gasteiger partial charge is 0.155 e. The van der Waals surface area contributed by atoms with Gasteiger partial charge in [-0.15, -0.1) is 0 Å². The average Bonchev–Trinajstić information content (AvgIpc) is 2.45. The van der Waals surface area contributed by atoms with Crippen molar-refractivity contribution in [3.8, 4) is 5.75 Å². The highest BCUT2D eigenvalue weighted by Crippen LogP contribution is 2.34. The lowest BCUT2D eigenvalue weighted by Crippen LogP contribution is -2.40. The third-order valence-corrected chi connectivity index (χ3v) is 6.54. The van der Waals surface area contributed by atoms with Gasteiger partial charge in [0.25, 0.3) is 0 Å². The van der Waals surface area contributed by atoms with Gasteiger partial charge in [0.15, 0.2) is 9.84 Å². The molecule has 6 heteroatoms. The number of halogens is 1. The van der Waals surface area contributed by atoms with E-state index in [1.807, 2.05) is 13.0 Å². The third-order valence-electron chi connectivity index (χ3n) is 3.96. The van der Waals surface area contributed by atoms with Crippen LogP contribution in [0.5, 0.6) is 5.75 Å². The van der Waals surface area contributed by atoms with E-state index in [4.69, 9.17) is 16.3 Å². The molecular weight excluding hydrogens is 310 g/mol. The summed E-state index contributed by atoms with van der Waals surface area (Å²) in [6.45, 7) is 2.69. The van der Waals surface area contributed by atoms with Crippen LogP contribution in [0.4, 0.5) is 0 Å². The molecule has 1 aromatic rings. The Bertz CT molecular complexity index is 589. The molecule has 118 valence electrons. The van der Waals surface area contributed by atoms with Crippen molar-refractivity contribution in [3.63, 3.8) is 0 Å². The van der Waals surface area contributed by atoms with E-state index in [0.717, 1.165) is 18.4 Å². The summed E-state index contributed by atoms with van der Waals surface area (Å²) < 4.78 is 29.9. The van der Waals surface area contributed by atoms with Crippen molar-refractivity contribution < 1.29 is 13.2 Å². The number of rotatable bonds is 5. The molecule has 0 saturated carbocycles. The van der Waals surface area contributed by atoms with Crippen molar-refractivity contribution in [1.29, 1.82) is 0 Å². The maximum atomic E-state index is 12.4. The second-order valence-corrected chi connectivity index (χ2v) is 8.08. The standard InChI is InChI=1S/C15H22ClNO3S/c1-3-17-15(14-6-4-5-9-21(14,18)19)11-7-8-13(20-2)12(16)10-11/h7-8,10,14-15,17H,3-6,9H2,1-2H3. The largest absolute Gasteiger partial charge is 0.495 e. The van der Waals surface area contributed by atoms with Crippen LogP contribution in [-0.4, -0.2) is 33.1 Å². The molecule has 0 amide bonds. The lowest BCUT2D eigenvalue weighted by Gasteiger charge is -2.31. The van der Waals surface area contributed by atoms with Crippen LogP contribution in [0.25, 0.3) is 0 Å². The fraction of sp³-hybridized carbons (Fsp3) is 0.600. The molecule has 1 aliphatic rings. The van der Waals surface area contributed by atoms with Crippen LogP contribution in [0.15, 0.2) is 18.2 Å². The van der Waals surface area contributed by atoms with Gasteiger partial charge in [-0.2, -0.15) is 0 Å². The summed E-state index contributed by atoms with van der Waals surface area (Å²) in [5, 5.41) is 3.44. The van der Waals surface area contributed by atoms with Crippen LogP contribution in [-0.2, 0) is 9.84 Å². The Morgan fingerprint density at radius 3 is 2.76 bits per heavy atom. The molecule has 4 nitrogen and oxygen atoms in total. The van der Waals surface area contributed by atoms with Gasteiger partial charge in [0.1, 0.15) is 5.75 Å². The summed E-state index contributed by atoms with van der Waals surface area (Å²) in [6, 6.07) is 5.26. The number of ether oxygens (including phenoxy) is 1. The molecule has 1 saturated heterocycles. The Kier molecular flexibility index (Phi) is 5.52. The number of methoxy groups -OCH3 is 1. The minimum absolute atomic E-state index is 0.219. The van der Waals surface area contributed by atoms with Gasteiger partial charge in [0.05, 0.1) is 23.1 Å². The van der Waals surface area contributed by atoms with E-state index in [-0.39, 0.29) is 17.0 Å². The fourth-order valence-corrected chi connectivity index (χ4v) is 5.28. The van der Waals surface area contributed by atoms with Crippen LogP contribution >= 0.6 is 11.6 Å². The quantitative estimate of drug-likeness (QED) is 0.901. The first-order chi connectivity index (χ1) is 9.99. The molecule has 0 aliphatic carbocycles. The summed E-state index contributed by atoms with van der Waals surface area (Å²) in [5.41, 5.74) is 0.901. The van der Waals surface area contributed by atoms with Gasteiger partial charge in [-0.3, -0.25) is 0 Å². The first-order valence-corrected chi connectivity index (χ1v) is 9.37. The lowest BCUT2D eigenvalue weighted by atomic mass is 9.99. The second kappa shape index (κ2) is 6.99. The molecule has 1 aliphatic heterocycles. The normalized spacial score (nSPS) is 22.7. The minimum Gasteiger partial charge on any atom is -0.495 e. The van der Waals surface area contributed by atoms with E-state index < -0.39 is 9.84 Å². The molecule has 2 rings (SSSR count). The zero-order valence-corrected chi connectivity index (χ0v) is 14.0. The zero-order valence-electron chi connectivity index (χ0n) is 12.4. The predicted molar refractivity (Wildman–Crippen MR) is 85.8 cm³/mol. The summed E-state index contributed by atoms with van der Waals surface area (Å²) in [7, 11) is -1.49. The van der Waals surface area contributed by atoms with E-state index in [0.29, 0.717) is 23.7 Å². The van der Waals surface area contributed by atoms with Gasteiger partial charge in [-0.05, 0) is 37.1 Å². The summed E-state index contributed by atoms with van der Waals surface area (Å²) in [4.78, 5) is 0. The minimum atomic E-state index is -3.06. The van der Waals surface area contributed by atoms with Crippen molar-refractivity contribution in [1.82, 2.24) is 5.32 Å². The zero-order chi connectivity index (χ0) is 15.5. The highest BCUT2D eigenvalue weighted by atomic mass is 35.5. The van der Waals surface area contributed by atoms with Crippen LogP contribution in [0.1, 0.15) is 37.8 Å². The SMILES string of the molecule is CCNC(c1ccc(OC)c(Cl)c1)C1CCCCS1(=O)=O. The first-order valence-electron chi connectivity index (χ1n) is 7.28. The van der Waals surface area contributed by atoms with Crippen LogP contribution in [0.3, 0.4) is 0 Å². The van der Waals surface area contributed by atoms with Crippen molar-refractivity contribution in [2.75, 3.05) is 19.4 Å². The molecule has 1 N–H and O–H groups in total. The number of hydrogen-bond acceptors (Lipinski definition) is 4. The first kappa shape index (κ1) is 16.6. The van der Waals surface area contributed by atoms with Gasteiger partial charge in [-0.1, -0.05) is 31.0 Å². The van der Waals surface area contributed by atoms with Crippen molar-refractivity contribution in [3.05, 3.63) is 28.8 Å². The molecule has 1 fully saturated rings. The maximum Gasteiger partial charge on any atom is 0.155 e. The Balaban J connectivity index is 2.36. The Morgan fingerprint density at radius 2 is 2.19 bits per heavy atom. The molecule has 0 aromatic heterocycles. The molecule has 2 unspecified atom stereocenters. The predicted octanol–water partition coefficient (Wildman–Crippen LogP) is 2.97. The van der Waals surface area contributed by atoms with Gasteiger partial charge in [-0.25, -0.2) is 8.42 Å². The van der Waals surface area contributed by atoms with E-state index >= 15 is 0 Å². The molecule has 0 radical (unpaired) electrons. The second-order valence-electron chi connectivity index (χ2n) is 5.33. The molecule has 1 heterocycles. The molecule has 1 aromatic carbocycles. The van der Waals surface area contributed by atoms with E-state index in [9.17, 15) is 8.42 Å². The molecule has 21 heavy (non-hydrogen) atoms. The molecule has 0 spiro atoms. The molecule has 0 bridgehead atoms. The Labute approximate surface area is 131 Å². The molecular formula is C15H22ClNO3S. The fourth-order valence-electron chi connectivity index (χ4n) is 2.91. The number of benzene rings is 1. The number of nitrogens with one attached hydrogen (secondary N) is 1. The van der Waals surface area contributed by atoms with Crippen LogP contribution in [0, 0.1) is 0 Å². The Morgan fingerprint density at radius 1 is 1.43 bits per heavy atom. The van der Waals surface area contributed by atoms with Gasteiger partial charge < -0.3 is 10.1 Å². The monoisotopic (exact) mass is 331 g/mol. The third kappa shape index (κ3) is 3.71. The Hall–Kier alpha value is -0.780. The van der Waals surface area contributed by atoms with Crippen molar-refractivity contribution in [2.45, 2.75) is 37.5 Å². The highest BCUT2D eigenvalue weighted by molar-refractivity contribution is 7.92. The number of sulfone groups is 1.